The Bertz CT molecular complexity index is 315. The number of anilines is 1. The number of rotatable bonds is 4. The van der Waals surface area contributed by atoms with Gasteiger partial charge in [0.2, 0.25) is 0 Å². The summed E-state index contributed by atoms with van der Waals surface area (Å²) in [6, 6.07) is 3.51. The number of nitrogen functional groups attached to an aromatic ring is 1. The van der Waals surface area contributed by atoms with Gasteiger partial charge in [-0.2, -0.15) is 0 Å². The molecule has 0 amide bonds. The summed E-state index contributed by atoms with van der Waals surface area (Å²) in [7, 11) is 3.14. The van der Waals surface area contributed by atoms with Crippen LogP contribution in [0.4, 0.5) is 5.69 Å². The zero-order chi connectivity index (χ0) is 10.6. The fourth-order valence-electron chi connectivity index (χ4n) is 1.20. The zero-order valence-corrected chi connectivity index (χ0v) is 8.33. The van der Waals surface area contributed by atoms with Crippen LogP contribution < -0.4 is 26.5 Å². The van der Waals surface area contributed by atoms with Crippen molar-refractivity contribution in [1.82, 2.24) is 5.43 Å². The molecule has 0 bridgehead atoms. The SMILES string of the molecule is COc1cc(N)c(CNN)cc1OC. The molecular formula is C9H15N3O2. The maximum Gasteiger partial charge on any atom is 0.162 e. The number of hydrazine groups is 1. The van der Waals surface area contributed by atoms with Gasteiger partial charge in [-0.25, -0.2) is 0 Å². The Morgan fingerprint density at radius 1 is 1.21 bits per heavy atom. The monoisotopic (exact) mass is 197 g/mol. The van der Waals surface area contributed by atoms with Gasteiger partial charge in [0.05, 0.1) is 14.2 Å². The summed E-state index contributed by atoms with van der Waals surface area (Å²) in [5, 5.41) is 0. The molecule has 1 aromatic carbocycles. The Hall–Kier alpha value is -1.46. The number of methoxy groups -OCH3 is 2. The fourth-order valence-corrected chi connectivity index (χ4v) is 1.20. The van der Waals surface area contributed by atoms with Crippen molar-refractivity contribution >= 4 is 5.69 Å². The van der Waals surface area contributed by atoms with Gasteiger partial charge in [-0.3, -0.25) is 11.3 Å². The third kappa shape index (κ3) is 2.07. The number of hydrogen-bond donors (Lipinski definition) is 3. The summed E-state index contributed by atoms with van der Waals surface area (Å²) >= 11 is 0. The van der Waals surface area contributed by atoms with Crippen molar-refractivity contribution < 1.29 is 9.47 Å². The molecule has 5 heteroatoms. The third-order valence-electron chi connectivity index (χ3n) is 1.94. The lowest BCUT2D eigenvalue weighted by atomic mass is 10.1. The molecule has 0 saturated heterocycles. The molecule has 0 fully saturated rings. The molecule has 1 rings (SSSR count). The van der Waals surface area contributed by atoms with Crippen LogP contribution in [0.1, 0.15) is 5.56 Å². The third-order valence-corrected chi connectivity index (χ3v) is 1.94. The van der Waals surface area contributed by atoms with Crippen molar-refractivity contribution in [3.63, 3.8) is 0 Å². The van der Waals surface area contributed by atoms with Crippen LogP contribution in [0, 0.1) is 0 Å². The summed E-state index contributed by atoms with van der Waals surface area (Å²) in [5.74, 6) is 6.48. The molecule has 5 nitrogen and oxygen atoms in total. The van der Waals surface area contributed by atoms with Crippen LogP contribution >= 0.6 is 0 Å². The minimum absolute atomic E-state index is 0.492. The molecule has 0 atom stereocenters. The van der Waals surface area contributed by atoms with E-state index in [4.69, 9.17) is 21.1 Å². The molecule has 0 saturated carbocycles. The van der Waals surface area contributed by atoms with Crippen LogP contribution in [0.3, 0.4) is 0 Å². The largest absolute Gasteiger partial charge is 0.493 e. The molecule has 0 aliphatic carbocycles. The van der Waals surface area contributed by atoms with E-state index in [1.54, 1.807) is 26.4 Å². The zero-order valence-electron chi connectivity index (χ0n) is 8.33. The van der Waals surface area contributed by atoms with Crippen LogP contribution in [-0.4, -0.2) is 14.2 Å². The number of benzene rings is 1. The lowest BCUT2D eigenvalue weighted by Crippen LogP contribution is -2.21. The van der Waals surface area contributed by atoms with E-state index in [2.05, 4.69) is 5.43 Å². The predicted octanol–water partition coefficient (Wildman–Crippen LogP) is 0.249. The van der Waals surface area contributed by atoms with Gasteiger partial charge in [-0.15, -0.1) is 0 Å². The van der Waals surface area contributed by atoms with Gasteiger partial charge < -0.3 is 15.2 Å². The van der Waals surface area contributed by atoms with Gasteiger partial charge >= 0.3 is 0 Å². The van der Waals surface area contributed by atoms with Gasteiger partial charge in [0.1, 0.15) is 0 Å². The molecule has 0 spiro atoms. The topological polar surface area (TPSA) is 82.5 Å². The van der Waals surface area contributed by atoms with E-state index in [9.17, 15) is 0 Å². The smallest absolute Gasteiger partial charge is 0.162 e. The average Bonchev–Trinajstić information content (AvgIpc) is 2.20. The Labute approximate surface area is 83.0 Å². The first-order valence-electron chi connectivity index (χ1n) is 4.16. The quantitative estimate of drug-likeness (QED) is 0.366. The van der Waals surface area contributed by atoms with Gasteiger partial charge in [0.25, 0.3) is 0 Å². The van der Waals surface area contributed by atoms with Crippen molar-refractivity contribution in [2.24, 2.45) is 5.84 Å². The molecule has 0 aromatic heterocycles. The molecule has 0 radical (unpaired) electrons. The van der Waals surface area contributed by atoms with E-state index in [0.29, 0.717) is 23.7 Å². The van der Waals surface area contributed by atoms with Crippen molar-refractivity contribution in [3.05, 3.63) is 17.7 Å². The second kappa shape index (κ2) is 4.69. The van der Waals surface area contributed by atoms with Gasteiger partial charge in [-0.05, 0) is 11.6 Å². The highest BCUT2D eigenvalue weighted by Crippen LogP contribution is 2.31. The first-order chi connectivity index (χ1) is 6.72. The number of nitrogens with one attached hydrogen (secondary N) is 1. The fraction of sp³-hybridized carbons (Fsp3) is 0.333. The molecule has 1 aromatic rings. The van der Waals surface area contributed by atoms with Crippen molar-refractivity contribution in [3.8, 4) is 11.5 Å². The molecule has 5 N–H and O–H groups in total. The second-order valence-electron chi connectivity index (χ2n) is 2.79. The Balaban J connectivity index is 3.09. The molecule has 78 valence electrons. The standard InChI is InChI=1S/C9H15N3O2/c1-13-8-3-6(5-12-11)7(10)4-9(8)14-2/h3-4,12H,5,10-11H2,1-2H3. The summed E-state index contributed by atoms with van der Waals surface area (Å²) in [6.07, 6.45) is 0. The Morgan fingerprint density at radius 2 is 1.79 bits per heavy atom. The van der Waals surface area contributed by atoms with Gasteiger partial charge in [0.15, 0.2) is 11.5 Å². The molecule has 0 heterocycles. The predicted molar refractivity (Wildman–Crippen MR) is 55.0 cm³/mol. The van der Waals surface area contributed by atoms with Crippen molar-refractivity contribution in [2.45, 2.75) is 6.54 Å². The van der Waals surface area contributed by atoms with Crippen LogP contribution in [0.5, 0.6) is 11.5 Å². The molecule has 14 heavy (non-hydrogen) atoms. The van der Waals surface area contributed by atoms with E-state index in [1.807, 2.05) is 0 Å². The number of nitrogens with two attached hydrogens (primary N) is 2. The maximum absolute atomic E-state index is 5.78. The minimum Gasteiger partial charge on any atom is -0.493 e. The summed E-state index contributed by atoms with van der Waals surface area (Å²) in [4.78, 5) is 0. The van der Waals surface area contributed by atoms with Crippen LogP contribution in [0.15, 0.2) is 12.1 Å². The summed E-state index contributed by atoms with van der Waals surface area (Å²) in [5.41, 5.74) is 9.82. The van der Waals surface area contributed by atoms with Gasteiger partial charge in [0, 0.05) is 18.3 Å². The first-order valence-corrected chi connectivity index (χ1v) is 4.16. The number of ether oxygens (including phenoxy) is 2. The molecule has 0 aliphatic heterocycles. The molecular weight excluding hydrogens is 182 g/mol. The lowest BCUT2D eigenvalue weighted by molar-refractivity contribution is 0.354. The highest BCUT2D eigenvalue weighted by atomic mass is 16.5. The summed E-state index contributed by atoms with van der Waals surface area (Å²) in [6.45, 7) is 0.492. The first kappa shape index (κ1) is 10.6. The average molecular weight is 197 g/mol. The van der Waals surface area contributed by atoms with Crippen LogP contribution in [0.2, 0.25) is 0 Å². The highest BCUT2D eigenvalue weighted by Gasteiger charge is 2.08. The van der Waals surface area contributed by atoms with E-state index in [-0.39, 0.29) is 0 Å². The lowest BCUT2D eigenvalue weighted by Gasteiger charge is -2.11. The minimum atomic E-state index is 0.492. The molecule has 0 aliphatic rings. The summed E-state index contributed by atoms with van der Waals surface area (Å²) < 4.78 is 10.2. The highest BCUT2D eigenvalue weighted by molar-refractivity contribution is 5.57. The maximum atomic E-state index is 5.78. The van der Waals surface area contributed by atoms with Crippen LogP contribution in [-0.2, 0) is 6.54 Å². The Kier molecular flexibility index (Phi) is 3.55. The van der Waals surface area contributed by atoms with E-state index >= 15 is 0 Å². The van der Waals surface area contributed by atoms with Crippen LogP contribution in [0.25, 0.3) is 0 Å². The number of hydrogen-bond acceptors (Lipinski definition) is 5. The van der Waals surface area contributed by atoms with E-state index in [1.165, 1.54) is 0 Å². The normalized spacial score (nSPS) is 9.93. The van der Waals surface area contributed by atoms with E-state index < -0.39 is 0 Å². The van der Waals surface area contributed by atoms with Crippen molar-refractivity contribution in [1.29, 1.82) is 0 Å². The molecule has 0 unspecified atom stereocenters. The Morgan fingerprint density at radius 3 is 2.29 bits per heavy atom. The van der Waals surface area contributed by atoms with Crippen molar-refractivity contribution in [2.75, 3.05) is 20.0 Å². The van der Waals surface area contributed by atoms with E-state index in [0.717, 1.165) is 5.56 Å². The van der Waals surface area contributed by atoms with Gasteiger partial charge in [-0.1, -0.05) is 0 Å². The second-order valence-corrected chi connectivity index (χ2v) is 2.79.